The van der Waals surface area contributed by atoms with E-state index < -0.39 is 7.82 Å². The number of rotatable bonds is 0. The van der Waals surface area contributed by atoms with Crippen LogP contribution in [-0.4, -0.2) is 76.1 Å². The first-order valence-electron chi connectivity index (χ1n) is 0.783. The van der Waals surface area contributed by atoms with Crippen LogP contribution in [0.2, 0.25) is 0 Å². The molecule has 13 heteroatoms. The molecule has 0 saturated heterocycles. The molecule has 0 aromatic rings. The molecule has 0 radical (unpaired) electrons. The van der Waals surface area contributed by atoms with Gasteiger partial charge < -0.3 is 55.9 Å². The molecule has 13 heavy (non-hydrogen) atoms. The van der Waals surface area contributed by atoms with Crippen molar-refractivity contribution in [3.8, 4) is 0 Å². The first kappa shape index (κ1) is 102. The molecule has 0 rings (SSSR count). The van der Waals surface area contributed by atoms with E-state index >= 15 is 0 Å². The molecule has 0 fully saturated rings. The van der Waals surface area contributed by atoms with Gasteiger partial charge in [0.1, 0.15) is 0 Å². The van der Waals surface area contributed by atoms with E-state index in [2.05, 4.69) is 0 Å². The fourth-order valence-electron chi connectivity index (χ4n) is 0. The van der Waals surface area contributed by atoms with Crippen molar-refractivity contribution in [2.24, 2.45) is 0 Å². The molecule has 0 heterocycles. The van der Waals surface area contributed by atoms with E-state index in [9.17, 15) is 0 Å². The van der Waals surface area contributed by atoms with Crippen LogP contribution in [0.15, 0.2) is 0 Å². The normalized spacial score (nSPS) is 4.54. The molecule has 0 saturated carbocycles. The van der Waals surface area contributed by atoms with Crippen molar-refractivity contribution in [2.75, 3.05) is 0 Å². The zero-order valence-corrected chi connectivity index (χ0v) is 8.71. The Morgan fingerprint density at radius 3 is 0.692 bits per heavy atom. The summed E-state index contributed by atoms with van der Waals surface area (Å²) < 4.78 is 8.88. The molecular weight excluding hydrogens is 231 g/mol. The predicted molar refractivity (Wildman–Crippen MR) is 47.5 cm³/mol. The van der Waals surface area contributed by atoms with Gasteiger partial charge in [0.25, 0.3) is 0 Å². The minimum atomic E-state index is -4.64. The molecule has 0 unspecified atom stereocenters. The van der Waals surface area contributed by atoms with E-state index in [0.29, 0.717) is 0 Å². The summed E-state index contributed by atoms with van der Waals surface area (Å²) in [5.74, 6) is 0. The Morgan fingerprint density at radius 2 is 0.692 bits per heavy atom. The van der Waals surface area contributed by atoms with Crippen LogP contribution in [0.5, 0.6) is 0 Å². The van der Waals surface area contributed by atoms with Crippen LogP contribution in [0.3, 0.4) is 0 Å². The predicted octanol–water partition coefficient (Wildman–Crippen LogP) is -6.86. The quantitative estimate of drug-likeness (QED) is 0.278. The third-order valence-corrected chi connectivity index (χ3v) is 0. The Hall–Kier alpha value is 0.596. The molecule has 0 aliphatic heterocycles. The number of hydrogen-bond donors (Lipinski definition) is 3. The zero-order valence-electron chi connectivity index (χ0n) is 8.40. The van der Waals surface area contributed by atoms with Crippen molar-refractivity contribution < 1.29 is 60.4 Å². The summed E-state index contributed by atoms with van der Waals surface area (Å²) in [6.07, 6.45) is 0. The molecule has 0 bridgehead atoms. The van der Waals surface area contributed by atoms with Crippen LogP contribution in [0.4, 0.5) is 0 Å². The molecular formula is H19MgO11P. The van der Waals surface area contributed by atoms with Gasteiger partial charge in [0.2, 0.25) is 0 Å². The van der Waals surface area contributed by atoms with Crippen molar-refractivity contribution in [1.82, 2.24) is 0 Å². The molecule has 0 aliphatic carbocycles. The summed E-state index contributed by atoms with van der Waals surface area (Å²) in [6, 6.07) is 0. The summed E-state index contributed by atoms with van der Waals surface area (Å²) >= 11 is 0. The van der Waals surface area contributed by atoms with Crippen LogP contribution in [-0.2, 0) is 4.57 Å². The average Bonchev–Trinajstić information content (AvgIpc) is 0.722. The van der Waals surface area contributed by atoms with Crippen molar-refractivity contribution in [1.29, 1.82) is 0 Å². The molecule has 0 aromatic carbocycles. The van der Waals surface area contributed by atoms with Crippen LogP contribution < -0.4 is 0 Å². The Labute approximate surface area is 91.9 Å². The summed E-state index contributed by atoms with van der Waals surface area (Å²) in [5, 5.41) is 0. The largest absolute Gasteiger partial charge is 2.00 e. The van der Waals surface area contributed by atoms with E-state index in [1.807, 2.05) is 0 Å². The van der Waals surface area contributed by atoms with Gasteiger partial charge >= 0.3 is 30.9 Å². The summed E-state index contributed by atoms with van der Waals surface area (Å²) in [4.78, 5) is 21.6. The van der Waals surface area contributed by atoms with E-state index in [1.165, 1.54) is 0 Å². The van der Waals surface area contributed by atoms with Crippen LogP contribution in [0.1, 0.15) is 2.85 Å². The summed E-state index contributed by atoms with van der Waals surface area (Å²) in [6.45, 7) is 0. The fraction of sp³-hybridized carbons (Fsp3) is 0. The maximum Gasteiger partial charge on any atom is 2.00 e. The maximum absolute atomic E-state index is 8.88. The van der Waals surface area contributed by atoms with Gasteiger partial charge in [-0.25, -0.2) is 4.57 Å². The monoisotopic (exact) mass is 250 g/mol. The van der Waals surface area contributed by atoms with Gasteiger partial charge in [0.05, 0.1) is 0 Å². The molecule has 92 valence electrons. The number of hydrogen-bond acceptors (Lipinski definition) is 1. The SMILES string of the molecule is O.O.O.O.O.O.O.O=P(O)(O)O.[H-].[H-].[Mg+2]. The minimum Gasteiger partial charge on any atom is -1.00 e. The van der Waals surface area contributed by atoms with E-state index in [1.54, 1.807) is 0 Å². The Morgan fingerprint density at radius 1 is 0.692 bits per heavy atom. The van der Waals surface area contributed by atoms with E-state index in [0.717, 1.165) is 0 Å². The molecule has 0 atom stereocenters. The smallest absolute Gasteiger partial charge is 1.00 e. The van der Waals surface area contributed by atoms with Gasteiger partial charge in [0, 0.05) is 0 Å². The Kier molecular flexibility index (Phi) is 306. The van der Waals surface area contributed by atoms with Crippen molar-refractivity contribution in [2.45, 2.75) is 0 Å². The second kappa shape index (κ2) is 38.9. The number of phosphoric acid groups is 1. The molecule has 11 nitrogen and oxygen atoms in total. The zero-order chi connectivity index (χ0) is 4.50. The molecule has 0 spiro atoms. The van der Waals surface area contributed by atoms with Gasteiger partial charge in [-0.15, -0.1) is 0 Å². The van der Waals surface area contributed by atoms with Crippen molar-refractivity contribution in [3.05, 3.63) is 0 Å². The van der Waals surface area contributed by atoms with Crippen LogP contribution >= 0.6 is 7.82 Å². The maximum atomic E-state index is 8.88. The third kappa shape index (κ3) is 3980. The minimum absolute atomic E-state index is 0. The second-order valence-corrected chi connectivity index (χ2v) is 1.54. The third-order valence-electron chi connectivity index (χ3n) is 0. The van der Waals surface area contributed by atoms with Gasteiger partial charge in [-0.1, -0.05) is 0 Å². The van der Waals surface area contributed by atoms with Crippen LogP contribution in [0.25, 0.3) is 0 Å². The first-order chi connectivity index (χ1) is 2.00. The standard InChI is InChI=1S/Mg.H3O4P.7H2O.2H/c;1-5(2,3)4;;;;;;;;;/h;(H3,1,2,3,4);7*1H2;;/q+2;;;;;;;;;2*-1. The van der Waals surface area contributed by atoms with E-state index in [4.69, 9.17) is 19.2 Å². The van der Waals surface area contributed by atoms with Gasteiger partial charge in [0.15, 0.2) is 0 Å². The van der Waals surface area contributed by atoms with Gasteiger partial charge in [-0.2, -0.15) is 0 Å². The second-order valence-electron chi connectivity index (χ2n) is 0.513. The fourth-order valence-corrected chi connectivity index (χ4v) is 0. The van der Waals surface area contributed by atoms with Gasteiger partial charge in [-0.05, 0) is 0 Å². The first-order valence-corrected chi connectivity index (χ1v) is 2.35. The molecule has 0 amide bonds. The molecule has 17 N–H and O–H groups in total. The summed E-state index contributed by atoms with van der Waals surface area (Å²) in [5.41, 5.74) is 0. The van der Waals surface area contributed by atoms with E-state index in [-0.39, 0.29) is 64.2 Å². The Bertz CT molecular complexity index is 64.7. The van der Waals surface area contributed by atoms with Crippen LogP contribution in [0, 0.1) is 0 Å². The van der Waals surface area contributed by atoms with Crippen molar-refractivity contribution in [3.63, 3.8) is 0 Å². The molecule has 0 aliphatic rings. The summed E-state index contributed by atoms with van der Waals surface area (Å²) in [7, 11) is -4.64. The average molecular weight is 250 g/mol. The molecule has 0 aromatic heterocycles. The van der Waals surface area contributed by atoms with Crippen molar-refractivity contribution >= 4 is 30.9 Å². The topological polar surface area (TPSA) is 298 Å². The van der Waals surface area contributed by atoms with Gasteiger partial charge in [-0.3, -0.25) is 0 Å². The Balaban J connectivity index is -0.00000000178.